The molecule has 0 fully saturated rings. The lowest BCUT2D eigenvalue weighted by Crippen LogP contribution is -2.25. The Hall–Kier alpha value is -2.35. The number of nitrogens with two attached hydrogens (primary N) is 1. The number of hydrogen-bond acceptors (Lipinski definition) is 4. The Balaban J connectivity index is 2.07. The lowest BCUT2D eigenvalue weighted by Gasteiger charge is -2.12. The average Bonchev–Trinajstić information content (AvgIpc) is 3.01. The molecule has 0 aliphatic carbocycles. The number of halogens is 3. The Morgan fingerprint density at radius 1 is 1.33 bits per heavy atom. The van der Waals surface area contributed by atoms with Crippen molar-refractivity contribution in [1.29, 1.82) is 0 Å². The predicted molar refractivity (Wildman–Crippen MR) is 80.9 cm³/mol. The topological polar surface area (TPSA) is 81.1 Å². The van der Waals surface area contributed by atoms with E-state index >= 15 is 0 Å². The molecular formula is C16H18F3N3O2. The second kappa shape index (κ2) is 7.04. The monoisotopic (exact) mass is 341 g/mol. The Labute approximate surface area is 137 Å². The first kappa shape index (κ1) is 18.0. The average molecular weight is 341 g/mol. The predicted octanol–water partition coefficient (Wildman–Crippen LogP) is 3.28. The van der Waals surface area contributed by atoms with E-state index in [1.165, 1.54) is 18.2 Å². The highest BCUT2D eigenvalue weighted by Gasteiger charge is 2.32. The molecule has 2 rings (SSSR count). The van der Waals surface area contributed by atoms with E-state index < -0.39 is 23.7 Å². The van der Waals surface area contributed by atoms with Gasteiger partial charge in [0.15, 0.2) is 5.69 Å². The first-order valence-electron chi connectivity index (χ1n) is 7.34. The van der Waals surface area contributed by atoms with Crippen LogP contribution < -0.4 is 11.1 Å². The summed E-state index contributed by atoms with van der Waals surface area (Å²) in [5, 5.41) is 2.41. The Bertz CT molecular complexity index is 711. The highest BCUT2D eigenvalue weighted by atomic mass is 19.4. The van der Waals surface area contributed by atoms with E-state index in [1.807, 2.05) is 13.8 Å². The van der Waals surface area contributed by atoms with Crippen LogP contribution in [0.5, 0.6) is 0 Å². The number of amides is 1. The zero-order chi connectivity index (χ0) is 17.9. The normalized spacial score (nSPS) is 13.1. The van der Waals surface area contributed by atoms with Crippen molar-refractivity contribution in [1.82, 2.24) is 10.3 Å². The van der Waals surface area contributed by atoms with Gasteiger partial charge in [-0.25, -0.2) is 4.98 Å². The molecule has 1 amide bonds. The third kappa shape index (κ3) is 4.14. The fraction of sp³-hybridized carbons (Fsp3) is 0.375. The van der Waals surface area contributed by atoms with Crippen LogP contribution in [0.4, 0.5) is 13.2 Å². The zero-order valence-electron chi connectivity index (χ0n) is 13.2. The van der Waals surface area contributed by atoms with E-state index in [-0.39, 0.29) is 29.6 Å². The van der Waals surface area contributed by atoms with Gasteiger partial charge in [0.25, 0.3) is 5.91 Å². The van der Waals surface area contributed by atoms with E-state index in [9.17, 15) is 18.0 Å². The van der Waals surface area contributed by atoms with E-state index in [2.05, 4.69) is 10.3 Å². The summed E-state index contributed by atoms with van der Waals surface area (Å²) >= 11 is 0. The Morgan fingerprint density at radius 2 is 2.00 bits per heavy atom. The number of benzene rings is 1. The molecule has 1 heterocycles. The maximum atomic E-state index is 12.9. The quantitative estimate of drug-likeness (QED) is 0.874. The molecule has 1 atom stereocenters. The lowest BCUT2D eigenvalue weighted by atomic mass is 10.1. The van der Waals surface area contributed by atoms with Crippen molar-refractivity contribution in [2.24, 2.45) is 11.7 Å². The molecule has 0 aliphatic heterocycles. The number of carbonyl (C=O) groups excluding carboxylic acids is 1. The van der Waals surface area contributed by atoms with Gasteiger partial charge in [-0.15, -0.1) is 0 Å². The van der Waals surface area contributed by atoms with Crippen LogP contribution >= 0.6 is 0 Å². The van der Waals surface area contributed by atoms with Crippen LogP contribution in [0.2, 0.25) is 0 Å². The molecule has 0 saturated carbocycles. The molecule has 0 saturated heterocycles. The van der Waals surface area contributed by atoms with Gasteiger partial charge in [-0.3, -0.25) is 4.79 Å². The van der Waals surface area contributed by atoms with Crippen molar-refractivity contribution >= 4 is 5.91 Å². The molecule has 0 spiro atoms. The summed E-state index contributed by atoms with van der Waals surface area (Å²) in [5.41, 5.74) is 5.04. The highest BCUT2D eigenvalue weighted by Crippen LogP contribution is 2.31. The third-order valence-electron chi connectivity index (χ3n) is 3.52. The molecule has 1 aromatic carbocycles. The molecule has 3 N–H and O–H groups in total. The third-order valence-corrected chi connectivity index (χ3v) is 3.52. The second-order valence-electron chi connectivity index (χ2n) is 5.68. The van der Waals surface area contributed by atoms with Crippen LogP contribution in [0.25, 0.3) is 0 Å². The van der Waals surface area contributed by atoms with E-state index in [4.69, 9.17) is 10.2 Å². The van der Waals surface area contributed by atoms with E-state index in [1.54, 1.807) is 0 Å². The number of hydrogen-bond donors (Lipinski definition) is 2. The molecule has 1 aromatic heterocycles. The molecular weight excluding hydrogens is 323 g/mol. The van der Waals surface area contributed by atoms with Gasteiger partial charge < -0.3 is 15.5 Å². The minimum Gasteiger partial charge on any atom is -0.446 e. The van der Waals surface area contributed by atoms with Crippen LogP contribution in [0, 0.1) is 5.92 Å². The van der Waals surface area contributed by atoms with Gasteiger partial charge in [0.2, 0.25) is 5.89 Å². The van der Waals surface area contributed by atoms with Crippen LogP contribution in [-0.2, 0) is 12.7 Å². The second-order valence-corrected chi connectivity index (χ2v) is 5.68. The summed E-state index contributed by atoms with van der Waals surface area (Å²) < 4.78 is 43.9. The Kier molecular flexibility index (Phi) is 5.28. The van der Waals surface area contributed by atoms with Gasteiger partial charge in [-0.2, -0.15) is 13.2 Å². The van der Waals surface area contributed by atoms with Crippen molar-refractivity contribution in [2.45, 2.75) is 32.6 Å². The van der Waals surface area contributed by atoms with E-state index in [0.717, 1.165) is 12.3 Å². The summed E-state index contributed by atoms with van der Waals surface area (Å²) in [6, 6.07) is 4.60. The van der Waals surface area contributed by atoms with Crippen molar-refractivity contribution < 1.29 is 22.4 Å². The fourth-order valence-electron chi connectivity index (χ4n) is 2.05. The molecule has 8 heteroatoms. The molecule has 0 bridgehead atoms. The smallest absolute Gasteiger partial charge is 0.416 e. The largest absolute Gasteiger partial charge is 0.446 e. The van der Waals surface area contributed by atoms with Crippen molar-refractivity contribution in [3.05, 3.63) is 53.2 Å². The number of alkyl halides is 3. The van der Waals surface area contributed by atoms with Crippen LogP contribution in [0.1, 0.15) is 47.4 Å². The summed E-state index contributed by atoms with van der Waals surface area (Å²) in [4.78, 5) is 16.0. The first-order chi connectivity index (χ1) is 11.2. The molecule has 130 valence electrons. The van der Waals surface area contributed by atoms with Gasteiger partial charge in [-0.1, -0.05) is 32.0 Å². The first-order valence-corrected chi connectivity index (χ1v) is 7.34. The van der Waals surface area contributed by atoms with Crippen LogP contribution in [0.3, 0.4) is 0 Å². The molecule has 24 heavy (non-hydrogen) atoms. The lowest BCUT2D eigenvalue weighted by molar-refractivity contribution is -0.138. The maximum Gasteiger partial charge on any atom is 0.416 e. The summed E-state index contributed by atoms with van der Waals surface area (Å²) in [6.07, 6.45) is -3.34. The number of aromatic nitrogens is 1. The summed E-state index contributed by atoms with van der Waals surface area (Å²) in [5.74, 6) is -0.345. The van der Waals surface area contributed by atoms with Gasteiger partial charge in [0.1, 0.15) is 6.26 Å². The zero-order valence-corrected chi connectivity index (χ0v) is 13.2. The van der Waals surface area contributed by atoms with Crippen molar-refractivity contribution in [3.8, 4) is 0 Å². The number of rotatable bonds is 5. The maximum absolute atomic E-state index is 12.9. The van der Waals surface area contributed by atoms with Crippen LogP contribution in [0.15, 0.2) is 34.9 Å². The van der Waals surface area contributed by atoms with Gasteiger partial charge in [0.05, 0.1) is 11.6 Å². The van der Waals surface area contributed by atoms with Gasteiger partial charge in [-0.05, 0) is 17.5 Å². The van der Waals surface area contributed by atoms with Crippen molar-refractivity contribution in [3.63, 3.8) is 0 Å². The number of oxazole rings is 1. The van der Waals surface area contributed by atoms with Crippen molar-refractivity contribution in [2.75, 3.05) is 0 Å². The standard InChI is InChI=1S/C16H18F3N3O2/c1-9(2)13(20)15-22-12(8-24-15)14(23)21-7-10-5-3-4-6-11(10)16(17,18)19/h3-6,8-9,13H,7,20H2,1-2H3,(H,21,23). The summed E-state index contributed by atoms with van der Waals surface area (Å²) in [7, 11) is 0. The SMILES string of the molecule is CC(C)C(N)c1nc(C(=O)NCc2ccccc2C(F)(F)F)co1. The molecule has 1 unspecified atom stereocenters. The molecule has 0 aliphatic rings. The fourth-order valence-corrected chi connectivity index (χ4v) is 2.05. The van der Waals surface area contributed by atoms with E-state index in [0.29, 0.717) is 0 Å². The summed E-state index contributed by atoms with van der Waals surface area (Å²) in [6.45, 7) is 3.48. The molecule has 0 radical (unpaired) electrons. The highest BCUT2D eigenvalue weighted by molar-refractivity contribution is 5.91. The van der Waals surface area contributed by atoms with Crippen LogP contribution in [-0.4, -0.2) is 10.9 Å². The Morgan fingerprint density at radius 3 is 2.62 bits per heavy atom. The number of nitrogens with zero attached hydrogens (tertiary/aromatic N) is 1. The number of nitrogens with one attached hydrogen (secondary N) is 1. The minimum atomic E-state index is -4.48. The van der Waals surface area contributed by atoms with Gasteiger partial charge in [0, 0.05) is 6.54 Å². The molecule has 5 nitrogen and oxygen atoms in total. The molecule has 2 aromatic rings. The minimum absolute atomic E-state index is 0.0226. The number of carbonyl (C=O) groups is 1. The van der Waals surface area contributed by atoms with Gasteiger partial charge >= 0.3 is 6.18 Å².